The molecule has 36 heavy (non-hydrogen) atoms. The van der Waals surface area contributed by atoms with E-state index in [-0.39, 0.29) is 18.1 Å². The molecule has 1 aromatic heterocycles. The van der Waals surface area contributed by atoms with Crippen molar-refractivity contribution in [1.82, 2.24) is 9.88 Å². The highest BCUT2D eigenvalue weighted by Gasteiger charge is 2.15. The zero-order chi connectivity index (χ0) is 26.2. The van der Waals surface area contributed by atoms with E-state index < -0.39 is 5.91 Å². The molecule has 1 amide bonds. The van der Waals surface area contributed by atoms with Gasteiger partial charge in [-0.1, -0.05) is 0 Å². The maximum absolute atomic E-state index is 12.8. The van der Waals surface area contributed by atoms with Crippen molar-refractivity contribution in [2.75, 3.05) is 20.8 Å². The molecule has 8 nitrogen and oxygen atoms in total. The van der Waals surface area contributed by atoms with Gasteiger partial charge in [-0.15, -0.1) is 0 Å². The molecule has 2 aromatic carbocycles. The van der Waals surface area contributed by atoms with Gasteiger partial charge >= 0.3 is 5.97 Å². The zero-order valence-electron chi connectivity index (χ0n) is 21.0. The summed E-state index contributed by atoms with van der Waals surface area (Å²) in [6, 6.07) is 16.3. The fourth-order valence-corrected chi connectivity index (χ4v) is 3.86. The number of hydrogen-bond acceptors (Lipinski definition) is 6. The summed E-state index contributed by atoms with van der Waals surface area (Å²) >= 11 is 0. The first-order valence-corrected chi connectivity index (χ1v) is 11.4. The van der Waals surface area contributed by atoms with E-state index in [1.54, 1.807) is 57.6 Å². The second-order valence-corrected chi connectivity index (χ2v) is 7.96. The van der Waals surface area contributed by atoms with Crippen LogP contribution in [-0.4, -0.2) is 37.3 Å². The Hall–Kier alpha value is -4.51. The Kier molecular flexibility index (Phi) is 8.52. The standard InChI is InChI=1S/C28H29N3O5/c1-6-36-28(33)20-7-10-24(11-8-20)31-18(2)13-22(19(31)3)14-23(16-29)27(32)30-17-21-9-12-25(34-4)15-26(21)35-5/h7-15H,6,17H2,1-5H3,(H,30,32)/b23-14+. The minimum atomic E-state index is -0.487. The van der Waals surface area contributed by atoms with Gasteiger partial charge in [-0.2, -0.15) is 5.26 Å². The number of aryl methyl sites for hydroxylation is 1. The Balaban J connectivity index is 1.81. The van der Waals surface area contributed by atoms with E-state index in [1.807, 2.05) is 42.7 Å². The lowest BCUT2D eigenvalue weighted by atomic mass is 10.1. The van der Waals surface area contributed by atoms with Crippen molar-refractivity contribution in [2.45, 2.75) is 27.3 Å². The van der Waals surface area contributed by atoms with Crippen LogP contribution in [0, 0.1) is 25.2 Å². The van der Waals surface area contributed by atoms with E-state index in [0.717, 1.165) is 28.2 Å². The fourth-order valence-electron chi connectivity index (χ4n) is 3.86. The van der Waals surface area contributed by atoms with E-state index in [1.165, 1.54) is 0 Å². The summed E-state index contributed by atoms with van der Waals surface area (Å²) < 4.78 is 17.6. The highest BCUT2D eigenvalue weighted by molar-refractivity contribution is 6.01. The quantitative estimate of drug-likeness (QED) is 0.271. The van der Waals surface area contributed by atoms with E-state index in [9.17, 15) is 14.9 Å². The second-order valence-electron chi connectivity index (χ2n) is 7.96. The lowest BCUT2D eigenvalue weighted by Crippen LogP contribution is -2.24. The van der Waals surface area contributed by atoms with Crippen LogP contribution in [-0.2, 0) is 16.1 Å². The van der Waals surface area contributed by atoms with Crippen LogP contribution in [0.15, 0.2) is 54.1 Å². The van der Waals surface area contributed by atoms with Crippen molar-refractivity contribution in [2.24, 2.45) is 0 Å². The fraction of sp³-hybridized carbons (Fsp3) is 0.250. The van der Waals surface area contributed by atoms with Crippen LogP contribution in [0.4, 0.5) is 0 Å². The minimum Gasteiger partial charge on any atom is -0.497 e. The molecule has 3 aromatic rings. The predicted molar refractivity (Wildman–Crippen MR) is 136 cm³/mol. The number of carbonyl (C=O) groups is 2. The van der Waals surface area contributed by atoms with Crippen LogP contribution < -0.4 is 14.8 Å². The van der Waals surface area contributed by atoms with Crippen LogP contribution in [0.5, 0.6) is 11.5 Å². The smallest absolute Gasteiger partial charge is 0.338 e. The molecule has 0 spiro atoms. The van der Waals surface area contributed by atoms with Gasteiger partial charge in [0, 0.05) is 35.2 Å². The monoisotopic (exact) mass is 487 g/mol. The number of aromatic nitrogens is 1. The lowest BCUT2D eigenvalue weighted by molar-refractivity contribution is -0.117. The van der Waals surface area contributed by atoms with E-state index in [2.05, 4.69) is 5.32 Å². The first kappa shape index (κ1) is 26.1. The molecule has 0 aliphatic carbocycles. The van der Waals surface area contributed by atoms with Crippen molar-refractivity contribution in [3.05, 3.63) is 82.2 Å². The maximum Gasteiger partial charge on any atom is 0.338 e. The number of benzene rings is 2. The summed E-state index contributed by atoms with van der Waals surface area (Å²) in [6.07, 6.45) is 1.58. The van der Waals surface area contributed by atoms with Crippen LogP contribution in [0.25, 0.3) is 11.8 Å². The largest absolute Gasteiger partial charge is 0.497 e. The highest BCUT2D eigenvalue weighted by Crippen LogP contribution is 2.25. The number of carbonyl (C=O) groups excluding carboxylic acids is 2. The molecule has 0 radical (unpaired) electrons. The van der Waals surface area contributed by atoms with Crippen LogP contribution in [0.3, 0.4) is 0 Å². The Morgan fingerprint density at radius 2 is 1.78 bits per heavy atom. The lowest BCUT2D eigenvalue weighted by Gasteiger charge is -2.11. The summed E-state index contributed by atoms with van der Waals surface area (Å²) in [5, 5.41) is 12.4. The molecule has 3 rings (SSSR count). The number of hydrogen-bond donors (Lipinski definition) is 1. The molecule has 186 valence electrons. The second kappa shape index (κ2) is 11.8. The molecule has 0 unspecified atom stereocenters. The van der Waals surface area contributed by atoms with E-state index in [0.29, 0.717) is 23.7 Å². The molecule has 0 fully saturated rings. The van der Waals surface area contributed by atoms with Gasteiger partial charge in [0.25, 0.3) is 5.91 Å². The van der Waals surface area contributed by atoms with Crippen molar-refractivity contribution >= 4 is 18.0 Å². The van der Waals surface area contributed by atoms with Crippen LogP contribution in [0.1, 0.15) is 39.8 Å². The summed E-state index contributed by atoms with van der Waals surface area (Å²) in [5.74, 6) is 0.365. The third-order valence-corrected chi connectivity index (χ3v) is 5.71. The number of rotatable bonds is 9. The topological polar surface area (TPSA) is 103 Å². The first-order valence-electron chi connectivity index (χ1n) is 11.4. The molecule has 0 bridgehead atoms. The van der Waals surface area contributed by atoms with Gasteiger partial charge < -0.3 is 24.1 Å². The molecule has 8 heteroatoms. The van der Waals surface area contributed by atoms with Gasteiger partial charge in [0.1, 0.15) is 23.1 Å². The molecule has 0 aliphatic rings. The Morgan fingerprint density at radius 1 is 1.06 bits per heavy atom. The Bertz CT molecular complexity index is 1330. The summed E-state index contributed by atoms with van der Waals surface area (Å²) in [5.41, 5.74) is 4.59. The summed E-state index contributed by atoms with van der Waals surface area (Å²) in [6.45, 7) is 6.11. The molecular weight excluding hydrogens is 458 g/mol. The van der Waals surface area contributed by atoms with E-state index in [4.69, 9.17) is 14.2 Å². The van der Waals surface area contributed by atoms with Crippen molar-refractivity contribution in [1.29, 1.82) is 5.26 Å². The minimum absolute atomic E-state index is 0.0135. The van der Waals surface area contributed by atoms with Crippen LogP contribution >= 0.6 is 0 Å². The Labute approximate surface area is 210 Å². The molecule has 0 saturated heterocycles. The van der Waals surface area contributed by atoms with Gasteiger partial charge in [0.05, 0.1) is 26.4 Å². The van der Waals surface area contributed by atoms with Gasteiger partial charge in [0.15, 0.2) is 0 Å². The van der Waals surface area contributed by atoms with Crippen molar-refractivity contribution in [3.63, 3.8) is 0 Å². The van der Waals surface area contributed by atoms with Crippen molar-refractivity contribution < 1.29 is 23.8 Å². The number of methoxy groups -OCH3 is 2. The Morgan fingerprint density at radius 3 is 2.39 bits per heavy atom. The number of nitriles is 1. The van der Waals surface area contributed by atoms with Crippen LogP contribution in [0.2, 0.25) is 0 Å². The third kappa shape index (κ3) is 5.76. The number of nitrogens with one attached hydrogen (secondary N) is 1. The SMILES string of the molecule is CCOC(=O)c1ccc(-n2c(C)cc(/C=C(\C#N)C(=O)NCc3ccc(OC)cc3OC)c2C)cc1. The maximum atomic E-state index is 12.8. The zero-order valence-corrected chi connectivity index (χ0v) is 21.0. The highest BCUT2D eigenvalue weighted by atomic mass is 16.5. The van der Waals surface area contributed by atoms with E-state index >= 15 is 0 Å². The average molecular weight is 488 g/mol. The molecule has 0 aliphatic heterocycles. The molecule has 1 heterocycles. The van der Waals surface area contributed by atoms with Gasteiger partial charge in [-0.25, -0.2) is 4.79 Å². The first-order chi connectivity index (χ1) is 17.3. The normalized spacial score (nSPS) is 10.9. The summed E-state index contributed by atoms with van der Waals surface area (Å²) in [7, 11) is 3.11. The number of nitrogens with zero attached hydrogens (tertiary/aromatic N) is 2. The molecule has 0 saturated carbocycles. The van der Waals surface area contributed by atoms with Gasteiger partial charge in [0.2, 0.25) is 0 Å². The number of ether oxygens (including phenoxy) is 3. The average Bonchev–Trinajstić information content (AvgIpc) is 3.18. The number of amides is 1. The van der Waals surface area contributed by atoms with Crippen molar-refractivity contribution in [3.8, 4) is 23.3 Å². The third-order valence-electron chi connectivity index (χ3n) is 5.71. The molecule has 1 N–H and O–H groups in total. The molecular formula is C28H29N3O5. The molecule has 0 atom stereocenters. The number of esters is 1. The summed E-state index contributed by atoms with van der Waals surface area (Å²) in [4.78, 5) is 24.7. The predicted octanol–water partition coefficient (Wildman–Crippen LogP) is 4.51. The van der Waals surface area contributed by atoms with Gasteiger partial charge in [-0.3, -0.25) is 4.79 Å². The van der Waals surface area contributed by atoms with Gasteiger partial charge in [-0.05, 0) is 74.9 Å².